The average Bonchev–Trinajstić information content (AvgIpc) is 3.25. The van der Waals surface area contributed by atoms with Crippen LogP contribution >= 0.6 is 0 Å². The second kappa shape index (κ2) is 7.74. The molecule has 1 N–H and O–H groups in total. The molecule has 0 bridgehead atoms. The van der Waals surface area contributed by atoms with Crippen LogP contribution in [0.1, 0.15) is 12.8 Å². The number of nitro benzene ring substituents is 1. The lowest BCUT2D eigenvalue weighted by Crippen LogP contribution is -2.43. The van der Waals surface area contributed by atoms with Crippen molar-refractivity contribution in [3.05, 3.63) is 46.6 Å². The summed E-state index contributed by atoms with van der Waals surface area (Å²) >= 11 is 0. The number of aromatic nitrogens is 1. The van der Waals surface area contributed by atoms with Crippen LogP contribution in [0.2, 0.25) is 0 Å². The highest BCUT2D eigenvalue weighted by Crippen LogP contribution is 2.35. The number of ether oxygens (including phenoxy) is 1. The SMILES string of the molecule is O=C(CN1C(=O)COc2ccc([N+](=O)[O-])cc21)Nc1ccc(N2CCCC2)nc1. The maximum atomic E-state index is 12.5. The second-order valence-electron chi connectivity index (χ2n) is 6.83. The Labute approximate surface area is 166 Å². The predicted octanol–water partition coefficient (Wildman–Crippen LogP) is 1.95. The maximum Gasteiger partial charge on any atom is 0.271 e. The molecule has 10 heteroatoms. The quantitative estimate of drug-likeness (QED) is 0.605. The number of anilines is 3. The molecule has 1 fully saturated rings. The Bertz CT molecular complexity index is 956. The summed E-state index contributed by atoms with van der Waals surface area (Å²) in [5.41, 5.74) is 0.528. The number of carbonyl (C=O) groups is 2. The molecule has 10 nitrogen and oxygen atoms in total. The first kappa shape index (κ1) is 18.7. The predicted molar refractivity (Wildman–Crippen MR) is 105 cm³/mol. The number of non-ortho nitro benzene ring substituents is 1. The summed E-state index contributed by atoms with van der Waals surface area (Å²) in [5.74, 6) is 0.300. The molecule has 0 aliphatic carbocycles. The molecular formula is C19H19N5O5. The largest absolute Gasteiger partial charge is 0.482 e. The van der Waals surface area contributed by atoms with Crippen LogP contribution in [0.4, 0.5) is 22.9 Å². The van der Waals surface area contributed by atoms with Crippen molar-refractivity contribution in [3.8, 4) is 5.75 Å². The van der Waals surface area contributed by atoms with Gasteiger partial charge in [0.25, 0.3) is 11.6 Å². The van der Waals surface area contributed by atoms with Gasteiger partial charge in [-0.1, -0.05) is 0 Å². The number of hydrogen-bond acceptors (Lipinski definition) is 7. The number of carbonyl (C=O) groups excluding carboxylic acids is 2. The molecule has 1 saturated heterocycles. The summed E-state index contributed by atoms with van der Waals surface area (Å²) in [6.07, 6.45) is 3.87. The van der Waals surface area contributed by atoms with Crippen LogP contribution in [0.5, 0.6) is 5.75 Å². The van der Waals surface area contributed by atoms with E-state index in [1.54, 1.807) is 12.3 Å². The van der Waals surface area contributed by atoms with E-state index < -0.39 is 16.7 Å². The van der Waals surface area contributed by atoms with Gasteiger partial charge in [-0.05, 0) is 31.0 Å². The second-order valence-corrected chi connectivity index (χ2v) is 6.83. The molecule has 2 amide bonds. The number of hydrogen-bond donors (Lipinski definition) is 1. The molecule has 4 rings (SSSR count). The summed E-state index contributed by atoms with van der Waals surface area (Å²) in [4.78, 5) is 42.9. The Hall–Kier alpha value is -3.69. The Balaban J connectivity index is 1.46. The number of pyridine rings is 1. The lowest BCUT2D eigenvalue weighted by atomic mass is 10.2. The van der Waals surface area contributed by atoms with Gasteiger partial charge in [-0.15, -0.1) is 0 Å². The van der Waals surface area contributed by atoms with Gasteiger partial charge in [0.2, 0.25) is 5.91 Å². The highest BCUT2D eigenvalue weighted by molar-refractivity contribution is 6.05. The highest BCUT2D eigenvalue weighted by Gasteiger charge is 2.29. The molecule has 29 heavy (non-hydrogen) atoms. The fraction of sp³-hybridized carbons (Fsp3) is 0.316. The van der Waals surface area contributed by atoms with Crippen LogP contribution in [0.15, 0.2) is 36.5 Å². The number of rotatable bonds is 5. The third kappa shape index (κ3) is 3.96. The van der Waals surface area contributed by atoms with E-state index in [9.17, 15) is 19.7 Å². The smallest absolute Gasteiger partial charge is 0.271 e. The Morgan fingerprint density at radius 2 is 2.03 bits per heavy atom. The van der Waals surface area contributed by atoms with Crippen molar-refractivity contribution < 1.29 is 19.2 Å². The van der Waals surface area contributed by atoms with Crippen molar-refractivity contribution in [1.29, 1.82) is 0 Å². The molecular weight excluding hydrogens is 378 g/mol. The Kier molecular flexibility index (Phi) is 4.98. The third-order valence-corrected chi connectivity index (χ3v) is 4.86. The van der Waals surface area contributed by atoms with Crippen LogP contribution in [0.3, 0.4) is 0 Å². The number of nitro groups is 1. The van der Waals surface area contributed by atoms with E-state index in [0.717, 1.165) is 31.7 Å². The summed E-state index contributed by atoms with van der Waals surface area (Å²) in [6.45, 7) is 1.43. The lowest BCUT2D eigenvalue weighted by molar-refractivity contribution is -0.384. The van der Waals surface area contributed by atoms with Crippen LogP contribution < -0.4 is 19.9 Å². The number of nitrogens with one attached hydrogen (secondary N) is 1. The molecule has 0 unspecified atom stereocenters. The molecule has 3 heterocycles. The molecule has 0 saturated carbocycles. The zero-order chi connectivity index (χ0) is 20.4. The van der Waals surface area contributed by atoms with Crippen LogP contribution in [-0.4, -0.2) is 48.0 Å². The molecule has 0 radical (unpaired) electrons. The first-order valence-electron chi connectivity index (χ1n) is 9.24. The van der Waals surface area contributed by atoms with Gasteiger partial charge in [0.15, 0.2) is 6.61 Å². The number of benzene rings is 1. The van der Waals surface area contributed by atoms with Crippen LogP contribution in [0.25, 0.3) is 0 Å². The first-order chi connectivity index (χ1) is 14.0. The van der Waals surface area contributed by atoms with Gasteiger partial charge >= 0.3 is 0 Å². The van der Waals surface area contributed by atoms with Crippen molar-refractivity contribution >= 4 is 34.7 Å². The van der Waals surface area contributed by atoms with Crippen molar-refractivity contribution in [2.45, 2.75) is 12.8 Å². The van der Waals surface area contributed by atoms with Gasteiger partial charge in [-0.2, -0.15) is 0 Å². The number of amides is 2. The molecule has 2 aromatic rings. The van der Waals surface area contributed by atoms with Crippen molar-refractivity contribution in [1.82, 2.24) is 4.98 Å². The van der Waals surface area contributed by atoms with Gasteiger partial charge < -0.3 is 15.0 Å². The summed E-state index contributed by atoms with van der Waals surface area (Å²) in [7, 11) is 0. The van der Waals surface area contributed by atoms with Gasteiger partial charge in [0, 0.05) is 25.2 Å². The monoisotopic (exact) mass is 397 g/mol. The highest BCUT2D eigenvalue weighted by atomic mass is 16.6. The number of nitrogens with zero attached hydrogens (tertiary/aromatic N) is 4. The minimum Gasteiger partial charge on any atom is -0.482 e. The van der Waals surface area contributed by atoms with E-state index in [1.807, 2.05) is 6.07 Å². The summed E-state index contributed by atoms with van der Waals surface area (Å²) in [6, 6.07) is 7.55. The maximum absolute atomic E-state index is 12.5. The van der Waals surface area contributed by atoms with Gasteiger partial charge in [-0.25, -0.2) is 4.98 Å². The van der Waals surface area contributed by atoms with Crippen molar-refractivity contribution in [2.24, 2.45) is 0 Å². The molecule has 2 aliphatic rings. The fourth-order valence-electron chi connectivity index (χ4n) is 3.41. The van der Waals surface area contributed by atoms with Crippen LogP contribution in [-0.2, 0) is 9.59 Å². The molecule has 1 aromatic heterocycles. The topological polar surface area (TPSA) is 118 Å². The Morgan fingerprint density at radius 1 is 1.24 bits per heavy atom. The van der Waals surface area contributed by atoms with E-state index in [1.165, 1.54) is 23.1 Å². The fourth-order valence-corrected chi connectivity index (χ4v) is 3.41. The van der Waals surface area contributed by atoms with Crippen LogP contribution in [0, 0.1) is 10.1 Å². The number of fused-ring (bicyclic) bond motifs is 1. The third-order valence-electron chi connectivity index (χ3n) is 4.86. The van der Waals surface area contributed by atoms with Gasteiger partial charge in [0.1, 0.15) is 18.1 Å². The Morgan fingerprint density at radius 3 is 2.72 bits per heavy atom. The minimum atomic E-state index is -0.564. The average molecular weight is 397 g/mol. The van der Waals surface area contributed by atoms with E-state index in [4.69, 9.17) is 4.74 Å². The minimum absolute atomic E-state index is 0.186. The van der Waals surface area contributed by atoms with E-state index in [-0.39, 0.29) is 24.5 Å². The molecule has 2 aliphatic heterocycles. The van der Waals surface area contributed by atoms with Crippen molar-refractivity contribution in [2.75, 3.05) is 41.4 Å². The van der Waals surface area contributed by atoms with E-state index >= 15 is 0 Å². The molecule has 150 valence electrons. The summed E-state index contributed by atoms with van der Waals surface area (Å²) in [5, 5.41) is 13.7. The zero-order valence-electron chi connectivity index (χ0n) is 15.5. The zero-order valence-corrected chi connectivity index (χ0v) is 15.5. The molecule has 1 aromatic carbocycles. The van der Waals surface area contributed by atoms with E-state index in [0.29, 0.717) is 11.4 Å². The normalized spacial score (nSPS) is 15.7. The van der Waals surface area contributed by atoms with Gasteiger partial charge in [0.05, 0.1) is 22.5 Å². The first-order valence-corrected chi connectivity index (χ1v) is 9.24. The van der Waals surface area contributed by atoms with E-state index in [2.05, 4.69) is 15.2 Å². The van der Waals surface area contributed by atoms with Crippen molar-refractivity contribution in [3.63, 3.8) is 0 Å². The standard InChI is InChI=1S/C19H19N5O5/c25-18(21-13-3-6-17(20-10-13)22-7-1-2-8-22)11-23-15-9-14(24(27)28)4-5-16(15)29-12-19(23)26/h3-6,9-10H,1-2,7-8,11-12H2,(H,21,25). The molecule has 0 spiro atoms. The lowest BCUT2D eigenvalue weighted by Gasteiger charge is -2.28. The summed E-state index contributed by atoms with van der Waals surface area (Å²) < 4.78 is 5.30. The van der Waals surface area contributed by atoms with Gasteiger partial charge in [-0.3, -0.25) is 24.6 Å². The molecule has 0 atom stereocenters.